The second kappa shape index (κ2) is 8.45. The van der Waals surface area contributed by atoms with E-state index in [0.29, 0.717) is 11.6 Å². The van der Waals surface area contributed by atoms with Gasteiger partial charge in [0.1, 0.15) is 5.82 Å². The average Bonchev–Trinajstić information content (AvgIpc) is 3.14. The molecule has 0 bridgehead atoms. The number of benzene rings is 1. The van der Waals surface area contributed by atoms with Crippen molar-refractivity contribution in [2.24, 2.45) is 11.8 Å². The van der Waals surface area contributed by atoms with Crippen LogP contribution in [0.25, 0.3) is 0 Å². The molecule has 0 saturated heterocycles. The second-order valence-corrected chi connectivity index (χ2v) is 7.35. The van der Waals surface area contributed by atoms with Gasteiger partial charge >= 0.3 is 0 Å². The summed E-state index contributed by atoms with van der Waals surface area (Å²) in [4.78, 5) is 24.6. The molecule has 2 aliphatic carbocycles. The molecule has 2 amide bonds. The molecule has 4 nitrogen and oxygen atoms in total. The lowest BCUT2D eigenvalue weighted by Crippen LogP contribution is -2.40. The van der Waals surface area contributed by atoms with Gasteiger partial charge in [0.25, 0.3) is 0 Å². The molecule has 2 fully saturated rings. The third-order valence-corrected chi connectivity index (χ3v) is 5.58. The van der Waals surface area contributed by atoms with Gasteiger partial charge in [0, 0.05) is 30.0 Å². The minimum absolute atomic E-state index is 0.0297. The van der Waals surface area contributed by atoms with Crippen LogP contribution >= 0.6 is 0 Å². The molecule has 136 valence electrons. The van der Waals surface area contributed by atoms with E-state index in [0.717, 1.165) is 38.5 Å². The van der Waals surface area contributed by atoms with Crippen molar-refractivity contribution >= 4 is 11.8 Å². The maximum atomic E-state index is 13.6. The fourth-order valence-electron chi connectivity index (χ4n) is 3.98. The lowest BCUT2D eigenvalue weighted by molar-refractivity contribution is -0.131. The van der Waals surface area contributed by atoms with Crippen LogP contribution in [-0.4, -0.2) is 17.9 Å². The Kier molecular flexibility index (Phi) is 6.05. The normalized spacial score (nSPS) is 24.0. The zero-order valence-electron chi connectivity index (χ0n) is 14.6. The maximum Gasteiger partial charge on any atom is 0.223 e. The summed E-state index contributed by atoms with van der Waals surface area (Å²) in [6.07, 6.45) is 7.59. The molecule has 1 aromatic carbocycles. The highest BCUT2D eigenvalue weighted by Gasteiger charge is 2.31. The average molecular weight is 346 g/mol. The molecule has 1 aromatic rings. The summed E-state index contributed by atoms with van der Waals surface area (Å²) in [5.41, 5.74) is 0.500. The van der Waals surface area contributed by atoms with E-state index in [1.165, 1.54) is 18.9 Å². The minimum atomic E-state index is -0.296. The molecule has 3 rings (SSSR count). The summed E-state index contributed by atoms with van der Waals surface area (Å²) >= 11 is 0. The molecule has 2 aliphatic rings. The molecule has 0 atom stereocenters. The first-order valence-corrected chi connectivity index (χ1v) is 9.45. The second-order valence-electron chi connectivity index (χ2n) is 7.35. The number of amides is 2. The molecule has 0 radical (unpaired) electrons. The molecule has 0 aliphatic heterocycles. The number of carbonyl (C=O) groups excluding carboxylic acids is 2. The third-order valence-electron chi connectivity index (χ3n) is 5.58. The van der Waals surface area contributed by atoms with Crippen LogP contribution in [0, 0.1) is 17.7 Å². The van der Waals surface area contributed by atoms with E-state index in [2.05, 4.69) is 10.6 Å². The van der Waals surface area contributed by atoms with Crippen LogP contribution in [0.5, 0.6) is 0 Å². The Morgan fingerprint density at radius 1 is 0.920 bits per heavy atom. The van der Waals surface area contributed by atoms with Crippen LogP contribution in [-0.2, 0) is 16.1 Å². The minimum Gasteiger partial charge on any atom is -0.353 e. The first-order chi connectivity index (χ1) is 12.1. The molecule has 25 heavy (non-hydrogen) atoms. The van der Waals surface area contributed by atoms with Crippen molar-refractivity contribution < 1.29 is 14.0 Å². The predicted octanol–water partition coefficient (Wildman–Crippen LogP) is 3.31. The molecule has 0 spiro atoms. The molecular formula is C20H27FN2O2. The van der Waals surface area contributed by atoms with E-state index in [9.17, 15) is 14.0 Å². The Morgan fingerprint density at radius 2 is 1.52 bits per heavy atom. The predicted molar refractivity (Wildman–Crippen MR) is 94.1 cm³/mol. The van der Waals surface area contributed by atoms with Gasteiger partial charge in [0.2, 0.25) is 11.8 Å². The highest BCUT2D eigenvalue weighted by Crippen LogP contribution is 2.30. The summed E-state index contributed by atoms with van der Waals surface area (Å²) in [5, 5.41) is 6.00. The number of nitrogens with one attached hydrogen (secondary N) is 2. The van der Waals surface area contributed by atoms with Crippen molar-refractivity contribution in [2.75, 3.05) is 0 Å². The summed E-state index contributed by atoms with van der Waals surface area (Å²) in [6, 6.07) is 6.83. The Morgan fingerprint density at radius 3 is 2.16 bits per heavy atom. The van der Waals surface area contributed by atoms with Crippen molar-refractivity contribution in [1.82, 2.24) is 10.6 Å². The van der Waals surface area contributed by atoms with E-state index < -0.39 is 0 Å². The van der Waals surface area contributed by atoms with Gasteiger partial charge in [-0.25, -0.2) is 4.39 Å². The van der Waals surface area contributed by atoms with Crippen molar-refractivity contribution in [3.63, 3.8) is 0 Å². The van der Waals surface area contributed by atoms with E-state index in [4.69, 9.17) is 0 Å². The number of hydrogen-bond acceptors (Lipinski definition) is 2. The van der Waals surface area contributed by atoms with E-state index in [1.54, 1.807) is 18.2 Å². The van der Waals surface area contributed by atoms with E-state index >= 15 is 0 Å². The van der Waals surface area contributed by atoms with Crippen LogP contribution in [0.2, 0.25) is 0 Å². The van der Waals surface area contributed by atoms with Crippen LogP contribution < -0.4 is 10.6 Å². The van der Waals surface area contributed by atoms with Gasteiger partial charge in [0.15, 0.2) is 0 Å². The summed E-state index contributed by atoms with van der Waals surface area (Å²) in [5.74, 6) is -0.191. The fraction of sp³-hybridized carbons (Fsp3) is 0.600. The number of carbonyl (C=O) groups is 2. The highest BCUT2D eigenvalue weighted by molar-refractivity contribution is 5.81. The highest BCUT2D eigenvalue weighted by atomic mass is 19.1. The zero-order chi connectivity index (χ0) is 17.6. The first kappa shape index (κ1) is 17.9. The number of halogens is 1. The quantitative estimate of drug-likeness (QED) is 0.859. The largest absolute Gasteiger partial charge is 0.353 e. The van der Waals surface area contributed by atoms with Crippen LogP contribution in [0.1, 0.15) is 56.9 Å². The van der Waals surface area contributed by atoms with Crippen molar-refractivity contribution in [2.45, 2.75) is 64.0 Å². The molecule has 0 heterocycles. The van der Waals surface area contributed by atoms with Crippen LogP contribution in [0.15, 0.2) is 24.3 Å². The van der Waals surface area contributed by atoms with Gasteiger partial charge in [-0.15, -0.1) is 0 Å². The lowest BCUT2D eigenvalue weighted by Gasteiger charge is -2.28. The van der Waals surface area contributed by atoms with Crippen molar-refractivity contribution in [3.8, 4) is 0 Å². The molecule has 5 heteroatoms. The topological polar surface area (TPSA) is 58.2 Å². The standard InChI is InChI=1S/C20H27FN2O2/c21-18-8-4-1-5-16(18)13-22-19(24)14-9-11-15(12-10-14)20(25)23-17-6-2-3-7-17/h1,4-5,8,14-15,17H,2-3,6-7,9-13H2,(H,22,24)(H,23,25). The molecule has 2 N–H and O–H groups in total. The third kappa shape index (κ3) is 4.80. The monoisotopic (exact) mass is 346 g/mol. The van der Waals surface area contributed by atoms with Gasteiger partial charge in [-0.3, -0.25) is 9.59 Å². The van der Waals surface area contributed by atoms with E-state index in [-0.39, 0.29) is 36.0 Å². The summed E-state index contributed by atoms with van der Waals surface area (Å²) in [7, 11) is 0. The van der Waals surface area contributed by atoms with Gasteiger partial charge in [-0.2, -0.15) is 0 Å². The molecule has 0 aromatic heterocycles. The van der Waals surface area contributed by atoms with Gasteiger partial charge in [0.05, 0.1) is 0 Å². The van der Waals surface area contributed by atoms with Gasteiger partial charge < -0.3 is 10.6 Å². The number of rotatable bonds is 5. The smallest absolute Gasteiger partial charge is 0.223 e. The Hall–Kier alpha value is -1.91. The number of hydrogen-bond donors (Lipinski definition) is 2. The van der Waals surface area contributed by atoms with E-state index in [1.807, 2.05) is 0 Å². The molecule has 2 saturated carbocycles. The van der Waals surface area contributed by atoms with Crippen LogP contribution in [0.3, 0.4) is 0 Å². The van der Waals surface area contributed by atoms with Crippen molar-refractivity contribution in [1.29, 1.82) is 0 Å². The molecular weight excluding hydrogens is 319 g/mol. The van der Waals surface area contributed by atoms with Crippen LogP contribution in [0.4, 0.5) is 4.39 Å². The maximum absolute atomic E-state index is 13.6. The fourth-order valence-corrected chi connectivity index (χ4v) is 3.98. The summed E-state index contributed by atoms with van der Waals surface area (Å²) < 4.78 is 13.6. The Labute approximate surface area is 148 Å². The Bertz CT molecular complexity index is 605. The van der Waals surface area contributed by atoms with Gasteiger partial charge in [-0.1, -0.05) is 31.0 Å². The Balaban J connectivity index is 1.41. The zero-order valence-corrected chi connectivity index (χ0v) is 14.6. The first-order valence-electron chi connectivity index (χ1n) is 9.45. The molecule has 0 unspecified atom stereocenters. The van der Waals surface area contributed by atoms with Crippen molar-refractivity contribution in [3.05, 3.63) is 35.6 Å². The van der Waals surface area contributed by atoms with Gasteiger partial charge in [-0.05, 0) is 44.6 Å². The lowest BCUT2D eigenvalue weighted by atomic mass is 9.81. The summed E-state index contributed by atoms with van der Waals surface area (Å²) in [6.45, 7) is 0.216. The SMILES string of the molecule is O=C(NCc1ccccc1F)C1CCC(C(=O)NC2CCCC2)CC1.